The molecule has 4 rings (SSSR count). The number of piperazine rings is 2. The molecule has 1 aromatic carbocycles. The number of nitrogens with zero attached hydrogens (tertiary/aromatic N) is 5. The first-order valence-corrected chi connectivity index (χ1v) is 10.2. The number of rotatable bonds is 4. The summed E-state index contributed by atoms with van der Waals surface area (Å²) in [6.45, 7) is 8.09. The molecule has 0 bridgehead atoms. The van der Waals surface area contributed by atoms with E-state index < -0.39 is 0 Å². The molecule has 27 heavy (non-hydrogen) atoms. The molecule has 6 nitrogen and oxygen atoms in total. The van der Waals surface area contributed by atoms with Crippen LogP contribution in [0, 0.1) is 11.3 Å². The summed E-state index contributed by atoms with van der Waals surface area (Å²) in [4.78, 5) is 21.9. The van der Waals surface area contributed by atoms with Crippen molar-refractivity contribution in [1.82, 2.24) is 14.7 Å². The van der Waals surface area contributed by atoms with Gasteiger partial charge in [-0.1, -0.05) is 6.42 Å². The lowest BCUT2D eigenvalue weighted by atomic mass is 9.91. The number of hydrogen-bond donors (Lipinski definition) is 0. The third-order valence-electron chi connectivity index (χ3n) is 6.35. The highest BCUT2D eigenvalue weighted by Crippen LogP contribution is 2.25. The Kier molecular flexibility index (Phi) is 5.61. The normalized spacial score (nSPS) is 22.3. The Labute approximate surface area is 161 Å². The Balaban J connectivity index is 1.21. The van der Waals surface area contributed by atoms with Crippen LogP contribution in [-0.4, -0.2) is 85.6 Å². The van der Waals surface area contributed by atoms with E-state index in [2.05, 4.69) is 25.7 Å². The molecule has 0 spiro atoms. The van der Waals surface area contributed by atoms with Gasteiger partial charge in [0.2, 0.25) is 5.91 Å². The van der Waals surface area contributed by atoms with E-state index in [0.29, 0.717) is 12.1 Å². The zero-order valence-electron chi connectivity index (χ0n) is 16.0. The smallest absolute Gasteiger partial charge is 0.236 e. The maximum absolute atomic E-state index is 12.7. The minimum Gasteiger partial charge on any atom is -0.369 e. The van der Waals surface area contributed by atoms with E-state index in [4.69, 9.17) is 5.26 Å². The van der Waals surface area contributed by atoms with Crippen LogP contribution in [0.4, 0.5) is 5.69 Å². The van der Waals surface area contributed by atoms with Gasteiger partial charge in [-0.15, -0.1) is 0 Å². The number of benzene rings is 1. The first kappa shape index (κ1) is 18.3. The van der Waals surface area contributed by atoms with Gasteiger partial charge >= 0.3 is 0 Å². The molecular formula is C21H29N5O. The van der Waals surface area contributed by atoms with Gasteiger partial charge in [0.15, 0.2) is 0 Å². The first-order valence-electron chi connectivity index (χ1n) is 10.2. The van der Waals surface area contributed by atoms with Gasteiger partial charge in [-0.25, -0.2) is 0 Å². The molecule has 1 saturated carbocycles. The lowest BCUT2D eigenvalue weighted by Gasteiger charge is -2.43. The quantitative estimate of drug-likeness (QED) is 0.805. The summed E-state index contributed by atoms with van der Waals surface area (Å²) >= 11 is 0. The SMILES string of the molecule is N#Cc1ccc(N2CCN(CC(=O)N3CCN(C4CCC4)CC3)CC2)cc1. The topological polar surface area (TPSA) is 53.8 Å². The van der Waals surface area contributed by atoms with Crippen molar-refractivity contribution in [3.63, 3.8) is 0 Å². The van der Waals surface area contributed by atoms with Gasteiger partial charge in [-0.2, -0.15) is 5.26 Å². The van der Waals surface area contributed by atoms with Crippen LogP contribution in [-0.2, 0) is 4.79 Å². The van der Waals surface area contributed by atoms with Crippen molar-refractivity contribution in [2.24, 2.45) is 0 Å². The lowest BCUT2D eigenvalue weighted by Crippen LogP contribution is -2.56. The van der Waals surface area contributed by atoms with E-state index >= 15 is 0 Å². The highest BCUT2D eigenvalue weighted by atomic mass is 16.2. The summed E-state index contributed by atoms with van der Waals surface area (Å²) in [5, 5.41) is 8.91. The van der Waals surface area contributed by atoms with E-state index in [9.17, 15) is 4.79 Å². The molecule has 3 fully saturated rings. The van der Waals surface area contributed by atoms with Gasteiger partial charge < -0.3 is 9.80 Å². The molecule has 3 aliphatic rings. The van der Waals surface area contributed by atoms with Crippen LogP contribution in [0.1, 0.15) is 24.8 Å². The average molecular weight is 367 g/mol. The Bertz CT molecular complexity index is 678. The van der Waals surface area contributed by atoms with Crippen molar-refractivity contribution in [2.45, 2.75) is 25.3 Å². The zero-order chi connectivity index (χ0) is 18.6. The minimum atomic E-state index is 0.287. The maximum atomic E-state index is 12.7. The van der Waals surface area contributed by atoms with Crippen LogP contribution in [0.5, 0.6) is 0 Å². The summed E-state index contributed by atoms with van der Waals surface area (Å²) in [6.07, 6.45) is 4.06. The van der Waals surface area contributed by atoms with E-state index in [1.807, 2.05) is 24.3 Å². The average Bonchev–Trinajstić information content (AvgIpc) is 2.68. The van der Waals surface area contributed by atoms with Gasteiger partial charge in [0.25, 0.3) is 0 Å². The summed E-state index contributed by atoms with van der Waals surface area (Å²) < 4.78 is 0. The molecule has 0 unspecified atom stereocenters. The van der Waals surface area contributed by atoms with E-state index in [-0.39, 0.29) is 5.91 Å². The lowest BCUT2D eigenvalue weighted by molar-refractivity contribution is -0.134. The van der Waals surface area contributed by atoms with Crippen LogP contribution in [0.25, 0.3) is 0 Å². The Hall–Kier alpha value is -2.10. The highest BCUT2D eigenvalue weighted by molar-refractivity contribution is 5.78. The molecule has 2 saturated heterocycles. The van der Waals surface area contributed by atoms with Crippen LogP contribution < -0.4 is 4.90 Å². The largest absolute Gasteiger partial charge is 0.369 e. The summed E-state index contributed by atoms with van der Waals surface area (Å²) in [5.74, 6) is 0.287. The van der Waals surface area contributed by atoms with Gasteiger partial charge in [0.05, 0.1) is 18.2 Å². The Morgan fingerprint density at radius 1 is 0.963 bits per heavy atom. The molecular weight excluding hydrogens is 338 g/mol. The fraction of sp³-hybridized carbons (Fsp3) is 0.619. The summed E-state index contributed by atoms with van der Waals surface area (Å²) in [6, 6.07) is 10.7. The second kappa shape index (κ2) is 8.28. The van der Waals surface area contributed by atoms with Gasteiger partial charge in [0, 0.05) is 64.1 Å². The maximum Gasteiger partial charge on any atom is 0.236 e. The molecule has 0 atom stereocenters. The highest BCUT2D eigenvalue weighted by Gasteiger charge is 2.30. The van der Waals surface area contributed by atoms with Crippen molar-refractivity contribution in [2.75, 3.05) is 63.8 Å². The fourth-order valence-electron chi connectivity index (χ4n) is 4.29. The van der Waals surface area contributed by atoms with E-state index in [1.54, 1.807) is 0 Å². The molecule has 144 valence electrons. The van der Waals surface area contributed by atoms with E-state index in [0.717, 1.165) is 64.1 Å². The summed E-state index contributed by atoms with van der Waals surface area (Å²) in [7, 11) is 0. The van der Waals surface area contributed by atoms with Crippen molar-refractivity contribution in [3.05, 3.63) is 29.8 Å². The number of carbonyl (C=O) groups is 1. The molecule has 0 aromatic heterocycles. The number of carbonyl (C=O) groups excluding carboxylic acids is 1. The molecule has 1 amide bonds. The molecule has 6 heteroatoms. The van der Waals surface area contributed by atoms with Crippen molar-refractivity contribution in [3.8, 4) is 6.07 Å². The molecule has 2 heterocycles. The zero-order valence-corrected chi connectivity index (χ0v) is 16.0. The van der Waals surface area contributed by atoms with Gasteiger partial charge in [-0.3, -0.25) is 14.6 Å². The molecule has 1 aromatic rings. The van der Waals surface area contributed by atoms with Crippen molar-refractivity contribution < 1.29 is 4.79 Å². The van der Waals surface area contributed by atoms with Gasteiger partial charge in [-0.05, 0) is 37.1 Å². The number of hydrogen-bond acceptors (Lipinski definition) is 5. The van der Waals surface area contributed by atoms with Crippen LogP contribution in [0.3, 0.4) is 0 Å². The number of nitriles is 1. The van der Waals surface area contributed by atoms with Crippen LogP contribution >= 0.6 is 0 Å². The fourth-order valence-corrected chi connectivity index (χ4v) is 4.29. The molecule has 1 aliphatic carbocycles. The third-order valence-corrected chi connectivity index (χ3v) is 6.35. The van der Waals surface area contributed by atoms with Crippen LogP contribution in [0.15, 0.2) is 24.3 Å². The predicted molar refractivity (Wildman–Crippen MR) is 106 cm³/mol. The minimum absolute atomic E-state index is 0.287. The van der Waals surface area contributed by atoms with E-state index in [1.165, 1.54) is 19.3 Å². The number of anilines is 1. The van der Waals surface area contributed by atoms with Crippen LogP contribution in [0.2, 0.25) is 0 Å². The van der Waals surface area contributed by atoms with Gasteiger partial charge in [0.1, 0.15) is 0 Å². The molecule has 2 aliphatic heterocycles. The first-order chi connectivity index (χ1) is 13.2. The molecule has 0 N–H and O–H groups in total. The monoisotopic (exact) mass is 367 g/mol. The third kappa shape index (κ3) is 4.26. The second-order valence-corrected chi connectivity index (χ2v) is 7.92. The Morgan fingerprint density at radius 2 is 1.63 bits per heavy atom. The summed E-state index contributed by atoms with van der Waals surface area (Å²) in [5.41, 5.74) is 1.85. The standard InChI is InChI=1S/C21H29N5O/c22-16-18-4-6-20(7-5-18)24-10-8-23(9-11-24)17-21(27)26-14-12-25(13-15-26)19-2-1-3-19/h4-7,19H,1-3,8-15,17H2. The Morgan fingerprint density at radius 3 is 2.19 bits per heavy atom. The second-order valence-electron chi connectivity index (χ2n) is 7.92. The number of amides is 1. The van der Waals surface area contributed by atoms with Crippen molar-refractivity contribution in [1.29, 1.82) is 5.26 Å². The van der Waals surface area contributed by atoms with Crippen molar-refractivity contribution >= 4 is 11.6 Å². The predicted octanol–water partition coefficient (Wildman–Crippen LogP) is 1.38. The molecule has 0 radical (unpaired) electrons.